The van der Waals surface area contributed by atoms with Crippen LogP contribution in [0.3, 0.4) is 0 Å². The van der Waals surface area contributed by atoms with Gasteiger partial charge in [0.15, 0.2) is 0 Å². The van der Waals surface area contributed by atoms with Gasteiger partial charge in [-0.05, 0) is 31.4 Å². The molecule has 0 spiro atoms. The number of aromatic amines is 1. The SMILES string of the molecule is Cc1[nH]c2cccc(CC(=O)N3CCCC3)c2c1N1CCNCC1. The Morgan fingerprint density at radius 3 is 2.62 bits per heavy atom. The highest BCUT2D eigenvalue weighted by Gasteiger charge is 2.23. The zero-order valence-electron chi connectivity index (χ0n) is 14.4. The van der Waals surface area contributed by atoms with Crippen LogP contribution >= 0.6 is 0 Å². The van der Waals surface area contributed by atoms with Crippen LogP contribution < -0.4 is 10.2 Å². The maximum absolute atomic E-state index is 12.6. The number of rotatable bonds is 3. The highest BCUT2D eigenvalue weighted by atomic mass is 16.2. The molecule has 2 saturated heterocycles. The van der Waals surface area contributed by atoms with Gasteiger partial charge in [-0.1, -0.05) is 12.1 Å². The van der Waals surface area contributed by atoms with Gasteiger partial charge in [-0.25, -0.2) is 0 Å². The highest BCUT2D eigenvalue weighted by Crippen LogP contribution is 2.34. The van der Waals surface area contributed by atoms with E-state index in [0.717, 1.165) is 63.2 Å². The normalized spacial score (nSPS) is 18.5. The number of aryl methyl sites for hydroxylation is 1. The van der Waals surface area contributed by atoms with Gasteiger partial charge in [-0.3, -0.25) is 4.79 Å². The molecule has 128 valence electrons. The predicted octanol–water partition coefficient (Wildman–Crippen LogP) is 2.05. The summed E-state index contributed by atoms with van der Waals surface area (Å²) < 4.78 is 0. The number of amides is 1. The smallest absolute Gasteiger partial charge is 0.227 e. The van der Waals surface area contributed by atoms with Gasteiger partial charge in [-0.2, -0.15) is 0 Å². The van der Waals surface area contributed by atoms with E-state index < -0.39 is 0 Å². The molecule has 2 N–H and O–H groups in total. The minimum absolute atomic E-state index is 0.269. The molecule has 2 aliphatic heterocycles. The van der Waals surface area contributed by atoms with Crippen molar-refractivity contribution in [1.82, 2.24) is 15.2 Å². The summed E-state index contributed by atoms with van der Waals surface area (Å²) in [5.41, 5.74) is 4.79. The summed E-state index contributed by atoms with van der Waals surface area (Å²) in [6, 6.07) is 6.31. The highest BCUT2D eigenvalue weighted by molar-refractivity contribution is 5.99. The number of nitrogens with zero attached hydrogens (tertiary/aromatic N) is 2. The molecule has 5 heteroatoms. The third-order valence-electron chi connectivity index (χ3n) is 5.30. The molecule has 0 aliphatic carbocycles. The Bertz CT molecular complexity index is 739. The van der Waals surface area contributed by atoms with Crippen molar-refractivity contribution in [1.29, 1.82) is 0 Å². The summed E-state index contributed by atoms with van der Waals surface area (Å²) in [5.74, 6) is 0.269. The van der Waals surface area contributed by atoms with E-state index in [1.54, 1.807) is 0 Å². The Morgan fingerprint density at radius 1 is 1.12 bits per heavy atom. The molecule has 2 aromatic rings. The first-order valence-corrected chi connectivity index (χ1v) is 9.07. The van der Waals surface area contributed by atoms with Crippen molar-refractivity contribution >= 4 is 22.5 Å². The topological polar surface area (TPSA) is 51.4 Å². The first kappa shape index (κ1) is 15.5. The van der Waals surface area contributed by atoms with Gasteiger partial charge in [0.1, 0.15) is 0 Å². The number of H-pyrrole nitrogens is 1. The molecule has 3 heterocycles. The summed E-state index contributed by atoms with van der Waals surface area (Å²) in [7, 11) is 0. The predicted molar refractivity (Wildman–Crippen MR) is 97.6 cm³/mol. The maximum Gasteiger partial charge on any atom is 0.227 e. The van der Waals surface area contributed by atoms with Crippen LogP contribution in [0, 0.1) is 6.92 Å². The fraction of sp³-hybridized carbons (Fsp3) is 0.526. The monoisotopic (exact) mass is 326 g/mol. The largest absolute Gasteiger partial charge is 0.367 e. The number of carbonyl (C=O) groups is 1. The number of hydrogen-bond acceptors (Lipinski definition) is 3. The number of piperazine rings is 1. The molecule has 24 heavy (non-hydrogen) atoms. The fourth-order valence-electron chi connectivity index (χ4n) is 4.10. The van der Waals surface area contributed by atoms with E-state index >= 15 is 0 Å². The summed E-state index contributed by atoms with van der Waals surface area (Å²) in [5, 5.41) is 4.66. The van der Waals surface area contributed by atoms with Crippen molar-refractivity contribution < 1.29 is 4.79 Å². The van der Waals surface area contributed by atoms with E-state index in [1.807, 2.05) is 4.90 Å². The van der Waals surface area contributed by atoms with E-state index in [0.29, 0.717) is 6.42 Å². The molecule has 2 fully saturated rings. The number of carbonyl (C=O) groups excluding carboxylic acids is 1. The van der Waals surface area contributed by atoms with Crippen molar-refractivity contribution in [3.8, 4) is 0 Å². The van der Waals surface area contributed by atoms with Crippen LogP contribution in [0.25, 0.3) is 10.9 Å². The van der Waals surface area contributed by atoms with Gasteiger partial charge < -0.3 is 20.1 Å². The molecule has 5 nitrogen and oxygen atoms in total. The molecule has 0 bridgehead atoms. The van der Waals surface area contributed by atoms with E-state index in [1.165, 1.54) is 16.8 Å². The standard InChI is InChI=1S/C19H26N4O/c1-14-19(23-11-7-20-8-12-23)18-15(5-4-6-16(18)21-14)13-17(24)22-9-2-3-10-22/h4-6,20-21H,2-3,7-13H2,1H3. The summed E-state index contributed by atoms with van der Waals surface area (Å²) in [6.07, 6.45) is 2.80. The van der Waals surface area contributed by atoms with Gasteiger partial charge in [-0.15, -0.1) is 0 Å². The third-order valence-corrected chi connectivity index (χ3v) is 5.30. The lowest BCUT2D eigenvalue weighted by Crippen LogP contribution is -2.43. The number of anilines is 1. The molecule has 2 aliphatic rings. The second-order valence-electron chi connectivity index (χ2n) is 6.94. The Labute approximate surface area is 143 Å². The quantitative estimate of drug-likeness (QED) is 0.908. The van der Waals surface area contributed by atoms with Crippen LogP contribution in [0.1, 0.15) is 24.1 Å². The molecule has 0 atom stereocenters. The molecule has 1 amide bonds. The van der Waals surface area contributed by atoms with Crippen molar-refractivity contribution in [2.45, 2.75) is 26.2 Å². The molecule has 1 aromatic carbocycles. The molecular formula is C19H26N4O. The molecular weight excluding hydrogens is 300 g/mol. The van der Waals surface area contributed by atoms with Crippen LogP contribution in [0.2, 0.25) is 0 Å². The number of hydrogen-bond donors (Lipinski definition) is 2. The zero-order chi connectivity index (χ0) is 16.5. The van der Waals surface area contributed by atoms with E-state index in [4.69, 9.17) is 0 Å². The maximum atomic E-state index is 12.6. The lowest BCUT2D eigenvalue weighted by Gasteiger charge is -2.30. The van der Waals surface area contributed by atoms with Crippen molar-refractivity contribution in [3.05, 3.63) is 29.5 Å². The van der Waals surface area contributed by atoms with Crippen LogP contribution in [-0.4, -0.2) is 55.1 Å². The summed E-state index contributed by atoms with van der Waals surface area (Å²) in [6.45, 7) is 8.05. The number of aromatic nitrogens is 1. The first-order valence-electron chi connectivity index (χ1n) is 9.07. The lowest BCUT2D eigenvalue weighted by atomic mass is 10.0. The van der Waals surface area contributed by atoms with Gasteiger partial charge in [0.05, 0.1) is 12.1 Å². The Morgan fingerprint density at radius 2 is 1.88 bits per heavy atom. The number of benzene rings is 1. The average Bonchev–Trinajstić information content (AvgIpc) is 3.23. The molecule has 4 rings (SSSR count). The molecule has 1 aromatic heterocycles. The zero-order valence-corrected chi connectivity index (χ0v) is 14.4. The summed E-state index contributed by atoms with van der Waals surface area (Å²) >= 11 is 0. The average molecular weight is 326 g/mol. The number of fused-ring (bicyclic) bond motifs is 1. The Hall–Kier alpha value is -2.01. The number of nitrogens with one attached hydrogen (secondary N) is 2. The summed E-state index contributed by atoms with van der Waals surface area (Å²) in [4.78, 5) is 20.6. The second kappa shape index (κ2) is 6.48. The van der Waals surface area contributed by atoms with Gasteiger partial charge in [0, 0.05) is 55.9 Å². The van der Waals surface area contributed by atoms with Crippen LogP contribution in [-0.2, 0) is 11.2 Å². The lowest BCUT2D eigenvalue weighted by molar-refractivity contribution is -0.129. The third kappa shape index (κ3) is 2.77. The van der Waals surface area contributed by atoms with Gasteiger partial charge in [0.2, 0.25) is 5.91 Å². The van der Waals surface area contributed by atoms with Gasteiger partial charge >= 0.3 is 0 Å². The Balaban J connectivity index is 1.70. The molecule has 0 radical (unpaired) electrons. The Kier molecular flexibility index (Phi) is 4.19. The fourth-order valence-corrected chi connectivity index (χ4v) is 4.10. The van der Waals surface area contributed by atoms with Gasteiger partial charge in [0.25, 0.3) is 0 Å². The minimum atomic E-state index is 0.269. The van der Waals surface area contributed by atoms with E-state index in [2.05, 4.69) is 40.3 Å². The van der Waals surface area contributed by atoms with Crippen LogP contribution in [0.15, 0.2) is 18.2 Å². The van der Waals surface area contributed by atoms with Crippen molar-refractivity contribution in [3.63, 3.8) is 0 Å². The van der Waals surface area contributed by atoms with Crippen LogP contribution in [0.5, 0.6) is 0 Å². The van der Waals surface area contributed by atoms with Crippen molar-refractivity contribution in [2.24, 2.45) is 0 Å². The minimum Gasteiger partial charge on any atom is -0.367 e. The second-order valence-corrected chi connectivity index (χ2v) is 6.94. The van der Waals surface area contributed by atoms with Crippen LogP contribution in [0.4, 0.5) is 5.69 Å². The first-order chi connectivity index (χ1) is 11.7. The molecule has 0 saturated carbocycles. The van der Waals surface area contributed by atoms with E-state index in [-0.39, 0.29) is 5.91 Å². The molecule has 0 unspecified atom stereocenters. The number of likely N-dealkylation sites (tertiary alicyclic amines) is 1. The van der Waals surface area contributed by atoms with E-state index in [9.17, 15) is 4.79 Å². The van der Waals surface area contributed by atoms with Crippen molar-refractivity contribution in [2.75, 3.05) is 44.2 Å².